The summed E-state index contributed by atoms with van der Waals surface area (Å²) >= 11 is 0. The van der Waals surface area contributed by atoms with Gasteiger partial charge in [0.15, 0.2) is 0 Å². The van der Waals surface area contributed by atoms with Crippen LogP contribution in [0.4, 0.5) is 11.4 Å². The first-order valence-corrected chi connectivity index (χ1v) is 9.88. The van der Waals surface area contributed by atoms with Crippen LogP contribution in [0.25, 0.3) is 0 Å². The lowest BCUT2D eigenvalue weighted by molar-refractivity contribution is -0.121. The highest BCUT2D eigenvalue weighted by atomic mass is 32.2. The van der Waals surface area contributed by atoms with Crippen LogP contribution in [0.3, 0.4) is 0 Å². The van der Waals surface area contributed by atoms with Crippen LogP contribution in [-0.2, 0) is 26.0 Å². The minimum atomic E-state index is -3.77. The molecule has 0 radical (unpaired) electrons. The molecule has 2 aromatic carbocycles. The molecule has 0 atom stereocenters. The van der Waals surface area contributed by atoms with Gasteiger partial charge in [0.25, 0.3) is 10.0 Å². The van der Waals surface area contributed by atoms with E-state index in [1.165, 1.54) is 24.3 Å². The van der Waals surface area contributed by atoms with Gasteiger partial charge < -0.3 is 0 Å². The average molecular weight is 372 g/mol. The zero-order valence-electron chi connectivity index (χ0n) is 14.7. The summed E-state index contributed by atoms with van der Waals surface area (Å²) in [4.78, 5) is 24.7. The number of hydrogen-bond donors (Lipinski definition) is 1. The summed E-state index contributed by atoms with van der Waals surface area (Å²) in [7, 11) is -3.77. The molecule has 0 spiro atoms. The minimum absolute atomic E-state index is 0.0710. The van der Waals surface area contributed by atoms with E-state index < -0.39 is 10.0 Å². The van der Waals surface area contributed by atoms with Gasteiger partial charge >= 0.3 is 0 Å². The standard InChI is InChI=1S/C19H20N2O4S/c1-3-14-5-4-13(2)17(12-14)20-26(24,25)16-8-6-15(7-9-16)21-18(22)10-11-19(21)23/h4-9,12,20H,3,10-11H2,1-2H3. The van der Waals surface area contributed by atoms with E-state index in [-0.39, 0.29) is 29.6 Å². The average Bonchev–Trinajstić information content (AvgIpc) is 2.95. The van der Waals surface area contributed by atoms with Gasteiger partial charge in [0.1, 0.15) is 0 Å². The van der Waals surface area contributed by atoms with Crippen molar-refractivity contribution in [2.75, 3.05) is 9.62 Å². The van der Waals surface area contributed by atoms with Crippen LogP contribution in [0.5, 0.6) is 0 Å². The van der Waals surface area contributed by atoms with Crippen LogP contribution in [0.2, 0.25) is 0 Å². The van der Waals surface area contributed by atoms with Crippen molar-refractivity contribution in [1.82, 2.24) is 0 Å². The summed E-state index contributed by atoms with van der Waals surface area (Å²) in [5, 5.41) is 0. The van der Waals surface area contributed by atoms with E-state index in [2.05, 4.69) is 4.72 Å². The van der Waals surface area contributed by atoms with Gasteiger partial charge in [-0.25, -0.2) is 8.42 Å². The quantitative estimate of drug-likeness (QED) is 0.818. The lowest BCUT2D eigenvalue weighted by Gasteiger charge is -2.15. The maximum absolute atomic E-state index is 12.7. The Morgan fingerprint density at radius 2 is 1.62 bits per heavy atom. The van der Waals surface area contributed by atoms with Gasteiger partial charge in [-0.2, -0.15) is 0 Å². The highest BCUT2D eigenvalue weighted by molar-refractivity contribution is 7.92. The molecule has 1 N–H and O–H groups in total. The van der Waals surface area contributed by atoms with Crippen LogP contribution in [-0.4, -0.2) is 20.2 Å². The van der Waals surface area contributed by atoms with Crippen LogP contribution in [0.15, 0.2) is 47.4 Å². The van der Waals surface area contributed by atoms with Crippen molar-refractivity contribution in [3.05, 3.63) is 53.6 Å². The SMILES string of the molecule is CCc1ccc(C)c(NS(=O)(=O)c2ccc(N3C(=O)CCC3=O)cc2)c1. The molecular weight excluding hydrogens is 352 g/mol. The van der Waals surface area contributed by atoms with E-state index in [0.29, 0.717) is 11.4 Å². The molecule has 0 unspecified atom stereocenters. The Kier molecular flexibility index (Phi) is 4.82. The van der Waals surface area contributed by atoms with Gasteiger partial charge in [-0.3, -0.25) is 19.2 Å². The van der Waals surface area contributed by atoms with E-state index in [1.54, 1.807) is 0 Å². The number of nitrogens with one attached hydrogen (secondary N) is 1. The largest absolute Gasteiger partial charge is 0.279 e. The number of hydrogen-bond acceptors (Lipinski definition) is 4. The normalized spacial score (nSPS) is 14.8. The van der Waals surface area contributed by atoms with Gasteiger partial charge in [-0.15, -0.1) is 0 Å². The monoisotopic (exact) mass is 372 g/mol. The van der Waals surface area contributed by atoms with Crippen molar-refractivity contribution < 1.29 is 18.0 Å². The molecule has 1 saturated heterocycles. The summed E-state index contributed by atoms with van der Waals surface area (Å²) in [5.41, 5.74) is 2.80. The van der Waals surface area contributed by atoms with Crippen LogP contribution in [0.1, 0.15) is 30.9 Å². The number of aryl methyl sites for hydroxylation is 2. The molecule has 0 aromatic heterocycles. The second kappa shape index (κ2) is 6.92. The van der Waals surface area contributed by atoms with Gasteiger partial charge in [0, 0.05) is 12.8 Å². The molecule has 1 heterocycles. The Labute approximate surface area is 152 Å². The first-order chi connectivity index (χ1) is 12.3. The summed E-state index contributed by atoms with van der Waals surface area (Å²) in [6, 6.07) is 11.4. The Bertz CT molecular complexity index is 950. The molecule has 1 aliphatic rings. The molecule has 0 aliphatic carbocycles. The highest BCUT2D eigenvalue weighted by Gasteiger charge is 2.30. The maximum Gasteiger partial charge on any atom is 0.261 e. The van der Waals surface area contributed by atoms with Crippen molar-refractivity contribution in [2.45, 2.75) is 38.0 Å². The Morgan fingerprint density at radius 1 is 1.00 bits per heavy atom. The number of rotatable bonds is 5. The molecule has 136 valence electrons. The third kappa shape index (κ3) is 3.48. The predicted molar refractivity (Wildman–Crippen MR) is 99.5 cm³/mol. The number of amides is 2. The smallest absolute Gasteiger partial charge is 0.261 e. The molecule has 7 heteroatoms. The molecule has 2 aromatic rings. The topological polar surface area (TPSA) is 83.6 Å². The summed E-state index contributed by atoms with van der Waals surface area (Å²) in [6.45, 7) is 3.84. The fraction of sp³-hybridized carbons (Fsp3) is 0.263. The number of carbonyl (C=O) groups is 2. The van der Waals surface area contributed by atoms with Crippen molar-refractivity contribution >= 4 is 33.2 Å². The van der Waals surface area contributed by atoms with E-state index in [0.717, 1.165) is 22.4 Å². The van der Waals surface area contributed by atoms with Gasteiger partial charge in [-0.05, 0) is 54.8 Å². The van der Waals surface area contributed by atoms with E-state index in [1.807, 2.05) is 32.0 Å². The first kappa shape index (κ1) is 18.1. The third-order valence-electron chi connectivity index (χ3n) is 4.41. The van der Waals surface area contributed by atoms with Crippen LogP contribution >= 0.6 is 0 Å². The van der Waals surface area contributed by atoms with Gasteiger partial charge in [0.2, 0.25) is 11.8 Å². The lowest BCUT2D eigenvalue weighted by atomic mass is 10.1. The number of sulfonamides is 1. The Morgan fingerprint density at radius 3 is 2.19 bits per heavy atom. The van der Waals surface area contributed by atoms with Crippen molar-refractivity contribution in [3.63, 3.8) is 0 Å². The zero-order chi connectivity index (χ0) is 18.9. The number of anilines is 2. The van der Waals surface area contributed by atoms with Gasteiger partial charge in [-0.1, -0.05) is 19.1 Å². The van der Waals surface area contributed by atoms with E-state index >= 15 is 0 Å². The summed E-state index contributed by atoms with van der Waals surface area (Å²) in [6.07, 6.45) is 1.18. The van der Waals surface area contributed by atoms with Crippen molar-refractivity contribution in [1.29, 1.82) is 0 Å². The molecule has 1 fully saturated rings. The number of carbonyl (C=O) groups excluding carboxylic acids is 2. The molecule has 1 aliphatic heterocycles. The van der Waals surface area contributed by atoms with Crippen molar-refractivity contribution in [2.24, 2.45) is 0 Å². The fourth-order valence-corrected chi connectivity index (χ4v) is 3.96. The highest BCUT2D eigenvalue weighted by Crippen LogP contribution is 2.26. The molecule has 0 bridgehead atoms. The van der Waals surface area contributed by atoms with E-state index in [4.69, 9.17) is 0 Å². The maximum atomic E-state index is 12.7. The van der Waals surface area contributed by atoms with Gasteiger partial charge in [0.05, 0.1) is 16.3 Å². The number of imide groups is 1. The number of benzene rings is 2. The zero-order valence-corrected chi connectivity index (χ0v) is 15.5. The van der Waals surface area contributed by atoms with Crippen LogP contribution in [0, 0.1) is 6.92 Å². The fourth-order valence-electron chi connectivity index (χ4n) is 2.84. The second-order valence-corrected chi connectivity index (χ2v) is 7.91. The van der Waals surface area contributed by atoms with E-state index in [9.17, 15) is 18.0 Å². The number of nitrogens with zero attached hydrogens (tertiary/aromatic N) is 1. The third-order valence-corrected chi connectivity index (χ3v) is 5.79. The molecule has 6 nitrogen and oxygen atoms in total. The molecular formula is C19H20N2O4S. The predicted octanol–water partition coefficient (Wildman–Crippen LogP) is 3.01. The molecule has 26 heavy (non-hydrogen) atoms. The summed E-state index contributed by atoms with van der Waals surface area (Å²) in [5.74, 6) is -0.536. The van der Waals surface area contributed by atoms with Crippen molar-refractivity contribution in [3.8, 4) is 0 Å². The summed E-state index contributed by atoms with van der Waals surface area (Å²) < 4.78 is 27.9. The lowest BCUT2D eigenvalue weighted by Crippen LogP contribution is -2.28. The minimum Gasteiger partial charge on any atom is -0.279 e. The molecule has 0 saturated carbocycles. The Hall–Kier alpha value is -2.67. The Balaban J connectivity index is 1.86. The second-order valence-electron chi connectivity index (χ2n) is 6.23. The molecule has 2 amide bonds. The molecule has 3 rings (SSSR count). The first-order valence-electron chi connectivity index (χ1n) is 8.40. The van der Waals surface area contributed by atoms with Crippen LogP contribution < -0.4 is 9.62 Å².